The first-order chi connectivity index (χ1) is 14.6. The van der Waals surface area contributed by atoms with Crippen molar-refractivity contribution in [1.82, 2.24) is 0 Å². The molecular weight excluding hydrogens is 527 g/mol. The van der Waals surface area contributed by atoms with Gasteiger partial charge in [0.05, 0.1) is 16.2 Å². The van der Waals surface area contributed by atoms with Crippen LogP contribution < -0.4 is 9.47 Å². The van der Waals surface area contributed by atoms with E-state index in [9.17, 15) is 10.1 Å². The van der Waals surface area contributed by atoms with E-state index in [0.29, 0.717) is 23.0 Å². The van der Waals surface area contributed by atoms with Crippen molar-refractivity contribution in [2.75, 3.05) is 13.7 Å². The number of thiophene rings is 1. The maximum absolute atomic E-state index is 10.8. The molecule has 1 heterocycles. The monoisotopic (exact) mass is 552 g/mol. The van der Waals surface area contributed by atoms with Crippen molar-refractivity contribution in [2.24, 2.45) is 16.3 Å². The third-order valence-corrected chi connectivity index (χ3v) is 7.47. The zero-order chi connectivity index (χ0) is 22.8. The molecule has 1 atom stereocenters. The zero-order valence-corrected chi connectivity index (χ0v) is 21.0. The Kier molecular flexibility index (Phi) is 7.27. The Morgan fingerprint density at radius 2 is 2.19 bits per heavy atom. The molecule has 1 aromatic carbocycles. The highest BCUT2D eigenvalue weighted by Gasteiger charge is 2.32. The molecule has 1 aliphatic carbocycles. The lowest BCUT2D eigenvalue weighted by Gasteiger charge is -2.33. The first-order valence-corrected chi connectivity index (χ1v) is 11.8. The van der Waals surface area contributed by atoms with Crippen molar-refractivity contribution in [3.63, 3.8) is 0 Å². The van der Waals surface area contributed by atoms with E-state index in [1.807, 2.05) is 6.07 Å². The lowest BCUT2D eigenvalue weighted by atomic mass is 9.72. The molecule has 2 aromatic rings. The number of nitrogens with zero attached hydrogens (tertiary/aromatic N) is 2. The van der Waals surface area contributed by atoms with E-state index in [1.165, 1.54) is 12.0 Å². The molecule has 0 unspecified atom stereocenters. The van der Waals surface area contributed by atoms with Crippen LogP contribution in [0.1, 0.15) is 48.8 Å². The van der Waals surface area contributed by atoms with Crippen molar-refractivity contribution < 1.29 is 19.4 Å². The fourth-order valence-electron chi connectivity index (χ4n) is 3.74. The van der Waals surface area contributed by atoms with Gasteiger partial charge in [-0.2, -0.15) is 5.26 Å². The normalized spacial score (nSPS) is 16.1. The van der Waals surface area contributed by atoms with Gasteiger partial charge in [-0.25, -0.2) is 9.79 Å². The SMILES string of the molecule is COc1cc(C=Nc2sc3c(c2C#N)CC[C@@H](C(C)(C)C)C3)cc(I)c1OCC(=O)O. The van der Waals surface area contributed by atoms with Crippen molar-refractivity contribution in [2.45, 2.75) is 40.0 Å². The molecule has 1 aliphatic rings. The largest absolute Gasteiger partial charge is 0.493 e. The molecular formula is C23H25IN2O4S. The van der Waals surface area contributed by atoms with Gasteiger partial charge < -0.3 is 14.6 Å². The molecule has 0 aliphatic heterocycles. The van der Waals surface area contributed by atoms with Gasteiger partial charge in [-0.1, -0.05) is 20.8 Å². The number of hydrogen-bond acceptors (Lipinski definition) is 6. The van der Waals surface area contributed by atoms with Crippen LogP contribution in [0.5, 0.6) is 11.5 Å². The van der Waals surface area contributed by atoms with Crippen LogP contribution in [-0.4, -0.2) is 31.0 Å². The van der Waals surface area contributed by atoms with E-state index >= 15 is 0 Å². The summed E-state index contributed by atoms with van der Waals surface area (Å²) in [4.78, 5) is 16.7. The van der Waals surface area contributed by atoms with Gasteiger partial charge in [0, 0.05) is 11.1 Å². The molecule has 164 valence electrons. The Morgan fingerprint density at radius 3 is 2.81 bits per heavy atom. The van der Waals surface area contributed by atoms with Gasteiger partial charge in [0.2, 0.25) is 0 Å². The quantitative estimate of drug-likeness (QED) is 0.372. The molecule has 3 rings (SSSR count). The standard InChI is InChI=1S/C23H25IN2O4S/c1-23(2,3)14-5-6-15-16(10-25)22(31-19(15)9-14)26-11-13-7-17(24)21(18(8-13)29-4)30-12-20(27)28/h7-8,11,14H,5-6,9,12H2,1-4H3,(H,27,28)/t14-/m1/s1. The van der Waals surface area contributed by atoms with Gasteiger partial charge >= 0.3 is 5.97 Å². The molecule has 1 N–H and O–H groups in total. The predicted molar refractivity (Wildman–Crippen MR) is 130 cm³/mol. The summed E-state index contributed by atoms with van der Waals surface area (Å²) in [5, 5.41) is 19.3. The lowest BCUT2D eigenvalue weighted by Crippen LogP contribution is -2.26. The topological polar surface area (TPSA) is 91.9 Å². The fraction of sp³-hybridized carbons (Fsp3) is 0.435. The average molecular weight is 552 g/mol. The number of rotatable bonds is 6. The summed E-state index contributed by atoms with van der Waals surface area (Å²) in [7, 11) is 1.51. The van der Waals surface area contributed by atoms with Gasteiger partial charge in [-0.05, 0) is 76.4 Å². The number of carbonyl (C=O) groups is 1. The van der Waals surface area contributed by atoms with Crippen LogP contribution in [0.4, 0.5) is 5.00 Å². The van der Waals surface area contributed by atoms with E-state index in [4.69, 9.17) is 14.6 Å². The summed E-state index contributed by atoms with van der Waals surface area (Å²) in [6, 6.07) is 5.95. The number of methoxy groups -OCH3 is 1. The second-order valence-corrected chi connectivity index (χ2v) is 10.8. The molecule has 0 saturated heterocycles. The maximum Gasteiger partial charge on any atom is 0.341 e. The number of carboxylic acids is 1. The highest BCUT2D eigenvalue weighted by molar-refractivity contribution is 14.1. The number of hydrogen-bond donors (Lipinski definition) is 1. The van der Waals surface area contributed by atoms with Crippen molar-refractivity contribution in [1.29, 1.82) is 5.26 Å². The van der Waals surface area contributed by atoms with Crippen LogP contribution in [0.2, 0.25) is 0 Å². The minimum Gasteiger partial charge on any atom is -0.493 e. The van der Waals surface area contributed by atoms with E-state index < -0.39 is 12.6 Å². The van der Waals surface area contributed by atoms with Crippen LogP contribution in [-0.2, 0) is 17.6 Å². The van der Waals surface area contributed by atoms with Crippen LogP contribution in [0, 0.1) is 26.2 Å². The molecule has 0 radical (unpaired) electrons. The Labute approximate surface area is 200 Å². The van der Waals surface area contributed by atoms with E-state index in [-0.39, 0.29) is 5.41 Å². The van der Waals surface area contributed by atoms with Crippen LogP contribution >= 0.6 is 33.9 Å². The molecule has 0 spiro atoms. The second-order valence-electron chi connectivity index (χ2n) is 8.58. The summed E-state index contributed by atoms with van der Waals surface area (Å²) in [5.41, 5.74) is 2.87. The zero-order valence-electron chi connectivity index (χ0n) is 18.0. The number of aliphatic carboxylic acids is 1. The first-order valence-electron chi connectivity index (χ1n) is 9.94. The summed E-state index contributed by atoms with van der Waals surface area (Å²) in [6.07, 6.45) is 4.73. The smallest absolute Gasteiger partial charge is 0.341 e. The van der Waals surface area contributed by atoms with E-state index in [0.717, 1.165) is 39.0 Å². The number of nitriles is 1. The summed E-state index contributed by atoms with van der Waals surface area (Å²) in [6.45, 7) is 6.39. The molecule has 0 amide bonds. The van der Waals surface area contributed by atoms with E-state index in [1.54, 1.807) is 23.6 Å². The van der Waals surface area contributed by atoms with Crippen molar-refractivity contribution in [3.05, 3.63) is 37.3 Å². The molecule has 0 saturated carbocycles. The molecule has 0 fully saturated rings. The molecule has 31 heavy (non-hydrogen) atoms. The Balaban J connectivity index is 1.89. The van der Waals surface area contributed by atoms with Crippen LogP contribution in [0.15, 0.2) is 17.1 Å². The minimum absolute atomic E-state index is 0.246. The average Bonchev–Trinajstić information content (AvgIpc) is 3.06. The minimum atomic E-state index is -1.05. The van der Waals surface area contributed by atoms with Gasteiger partial charge in [0.15, 0.2) is 18.1 Å². The predicted octanol–water partition coefficient (Wildman–Crippen LogP) is 5.60. The van der Waals surface area contributed by atoms with E-state index in [2.05, 4.69) is 54.4 Å². The number of benzene rings is 1. The van der Waals surface area contributed by atoms with Gasteiger partial charge in [-0.15, -0.1) is 11.3 Å². The summed E-state index contributed by atoms with van der Waals surface area (Å²) in [5.74, 6) is 0.378. The third-order valence-electron chi connectivity index (χ3n) is 5.51. The summed E-state index contributed by atoms with van der Waals surface area (Å²) < 4.78 is 11.4. The Bertz CT molecular complexity index is 1060. The molecule has 0 bridgehead atoms. The van der Waals surface area contributed by atoms with Crippen molar-refractivity contribution in [3.8, 4) is 17.6 Å². The van der Waals surface area contributed by atoms with Gasteiger partial charge in [-0.3, -0.25) is 0 Å². The number of carboxylic acid groups (broad SMARTS) is 1. The highest BCUT2D eigenvalue weighted by atomic mass is 127. The maximum atomic E-state index is 10.8. The highest BCUT2D eigenvalue weighted by Crippen LogP contribution is 2.45. The van der Waals surface area contributed by atoms with Crippen molar-refractivity contribution >= 4 is 51.1 Å². The summed E-state index contributed by atoms with van der Waals surface area (Å²) >= 11 is 3.69. The number of aliphatic imine (C=N–C) groups is 1. The first kappa shape index (κ1) is 23.5. The fourth-order valence-corrected chi connectivity index (χ4v) is 5.74. The van der Waals surface area contributed by atoms with Gasteiger partial charge in [0.1, 0.15) is 11.1 Å². The third kappa shape index (κ3) is 5.39. The number of halogens is 1. The molecule has 6 nitrogen and oxygen atoms in total. The lowest BCUT2D eigenvalue weighted by molar-refractivity contribution is -0.139. The number of fused-ring (bicyclic) bond motifs is 1. The Morgan fingerprint density at radius 1 is 1.45 bits per heavy atom. The Hall–Kier alpha value is -2.12. The van der Waals surface area contributed by atoms with Crippen LogP contribution in [0.3, 0.4) is 0 Å². The van der Waals surface area contributed by atoms with Gasteiger partial charge in [0.25, 0.3) is 0 Å². The van der Waals surface area contributed by atoms with Crippen LogP contribution in [0.25, 0.3) is 0 Å². The number of ether oxygens (including phenoxy) is 2. The second kappa shape index (κ2) is 9.57. The molecule has 1 aromatic heterocycles. The molecule has 8 heteroatoms.